The van der Waals surface area contributed by atoms with Gasteiger partial charge in [-0.1, -0.05) is 0 Å². The third kappa shape index (κ3) is 3.21. The molecule has 0 heterocycles. The van der Waals surface area contributed by atoms with Crippen molar-refractivity contribution in [2.75, 3.05) is 6.54 Å². The van der Waals surface area contributed by atoms with Gasteiger partial charge in [-0.2, -0.15) is 0 Å². The molecule has 0 aliphatic heterocycles. The molecule has 0 aromatic carbocycles. The fraction of sp³-hybridized carbons (Fsp3) is 1.00. The topological polar surface area (TPSA) is 49.8 Å². The van der Waals surface area contributed by atoms with Gasteiger partial charge in [-0.15, -0.1) is 0 Å². The molecule has 1 radical (unpaired) electrons. The van der Waals surface area contributed by atoms with Gasteiger partial charge in [-0.25, -0.2) is 0 Å². The van der Waals surface area contributed by atoms with Crippen LogP contribution in [0.3, 0.4) is 0 Å². The van der Waals surface area contributed by atoms with Crippen molar-refractivity contribution in [2.24, 2.45) is 11.7 Å². The second kappa shape index (κ2) is 4.73. The molecule has 0 saturated heterocycles. The van der Waals surface area contributed by atoms with Crippen LogP contribution in [-0.2, 0) is 0 Å². The average molecular weight is 155 g/mol. The molecule has 0 atom stereocenters. The lowest BCUT2D eigenvalue weighted by Crippen LogP contribution is -2.26. The minimum Gasteiger partial charge on any atom is -0.328 e. The van der Waals surface area contributed by atoms with Crippen LogP contribution in [0.25, 0.3) is 0 Å². The molecular formula is C9H19N2. The Morgan fingerprint density at radius 3 is 2.36 bits per heavy atom. The third-order valence-corrected chi connectivity index (χ3v) is 2.68. The predicted molar refractivity (Wildman–Crippen MR) is 47.1 cm³/mol. The molecule has 0 amide bonds. The highest BCUT2D eigenvalue weighted by Crippen LogP contribution is 2.26. The summed E-state index contributed by atoms with van der Waals surface area (Å²) in [6.45, 7) is 0.600. The van der Waals surface area contributed by atoms with Gasteiger partial charge in [0.05, 0.1) is 0 Å². The summed E-state index contributed by atoms with van der Waals surface area (Å²) in [5.74, 6) is 0.889. The predicted octanol–water partition coefficient (Wildman–Crippen LogP) is 1.57. The third-order valence-electron chi connectivity index (χ3n) is 2.68. The Hall–Kier alpha value is -0.0800. The first-order valence-electron chi connectivity index (χ1n) is 4.73. The molecule has 2 heteroatoms. The van der Waals surface area contributed by atoms with Crippen molar-refractivity contribution in [3.63, 3.8) is 0 Å². The van der Waals surface area contributed by atoms with Gasteiger partial charge in [-0.05, 0) is 44.4 Å². The molecule has 1 saturated carbocycles. The van der Waals surface area contributed by atoms with Crippen LogP contribution in [-0.4, -0.2) is 12.6 Å². The standard InChI is InChI=1S/C9H19N2/c10-7-1-2-8-3-5-9(11)6-4-8/h8-10H,1-7,11H2. The van der Waals surface area contributed by atoms with Crippen LogP contribution in [0.15, 0.2) is 0 Å². The van der Waals surface area contributed by atoms with Crippen molar-refractivity contribution >= 4 is 0 Å². The van der Waals surface area contributed by atoms with Gasteiger partial charge in [-0.3, -0.25) is 5.73 Å². The summed E-state index contributed by atoms with van der Waals surface area (Å²) >= 11 is 0. The molecule has 0 spiro atoms. The molecule has 1 fully saturated rings. The summed E-state index contributed by atoms with van der Waals surface area (Å²) in [7, 11) is 0. The Morgan fingerprint density at radius 1 is 1.18 bits per heavy atom. The molecular weight excluding hydrogens is 136 g/mol. The minimum absolute atomic E-state index is 0.474. The first-order chi connectivity index (χ1) is 5.33. The monoisotopic (exact) mass is 155 g/mol. The van der Waals surface area contributed by atoms with Gasteiger partial charge in [0.1, 0.15) is 0 Å². The number of rotatable bonds is 3. The highest BCUT2D eigenvalue weighted by Gasteiger charge is 2.17. The van der Waals surface area contributed by atoms with Gasteiger partial charge >= 0.3 is 0 Å². The summed E-state index contributed by atoms with van der Waals surface area (Å²) in [5.41, 5.74) is 12.8. The molecule has 0 bridgehead atoms. The molecule has 0 unspecified atom stereocenters. The number of nitrogens with two attached hydrogens (primary N) is 1. The summed E-state index contributed by atoms with van der Waals surface area (Å²) in [6, 6.07) is 0.474. The minimum atomic E-state index is 0.474. The van der Waals surface area contributed by atoms with Crippen molar-refractivity contribution in [1.82, 2.24) is 5.73 Å². The molecule has 2 nitrogen and oxygen atoms in total. The number of nitrogens with one attached hydrogen (secondary N) is 1. The highest BCUT2D eigenvalue weighted by molar-refractivity contribution is 4.74. The number of hydrogen-bond donors (Lipinski definition) is 1. The fourth-order valence-electron chi connectivity index (χ4n) is 1.87. The van der Waals surface area contributed by atoms with E-state index in [-0.39, 0.29) is 0 Å². The summed E-state index contributed by atoms with van der Waals surface area (Å²) in [6.07, 6.45) is 7.38. The molecule has 1 aliphatic carbocycles. The zero-order valence-corrected chi connectivity index (χ0v) is 7.18. The lowest BCUT2D eigenvalue weighted by molar-refractivity contribution is 0.306. The Kier molecular flexibility index (Phi) is 3.87. The van der Waals surface area contributed by atoms with Gasteiger partial charge in [0.15, 0.2) is 0 Å². The highest BCUT2D eigenvalue weighted by atomic mass is 14.6. The van der Waals surface area contributed by atoms with Crippen molar-refractivity contribution in [3.05, 3.63) is 0 Å². The smallest absolute Gasteiger partial charge is 0.00998 e. The second-order valence-electron chi connectivity index (χ2n) is 3.67. The maximum atomic E-state index is 7.04. The van der Waals surface area contributed by atoms with Gasteiger partial charge in [0, 0.05) is 12.6 Å². The number of hydrogen-bond acceptors (Lipinski definition) is 1. The van der Waals surface area contributed by atoms with Crippen LogP contribution < -0.4 is 11.5 Å². The van der Waals surface area contributed by atoms with Crippen LogP contribution in [0.1, 0.15) is 38.5 Å². The van der Waals surface area contributed by atoms with E-state index < -0.39 is 0 Å². The SMILES string of the molecule is [NH]CCCC1CCC(N)CC1. The first-order valence-corrected chi connectivity index (χ1v) is 4.73. The van der Waals surface area contributed by atoms with Crippen LogP contribution in [0.2, 0.25) is 0 Å². The van der Waals surface area contributed by atoms with E-state index in [9.17, 15) is 0 Å². The van der Waals surface area contributed by atoms with E-state index >= 15 is 0 Å². The van der Waals surface area contributed by atoms with Crippen molar-refractivity contribution in [3.8, 4) is 0 Å². The quantitative estimate of drug-likeness (QED) is 0.660. The van der Waals surface area contributed by atoms with Crippen LogP contribution in [0.5, 0.6) is 0 Å². The van der Waals surface area contributed by atoms with Crippen molar-refractivity contribution < 1.29 is 0 Å². The lowest BCUT2D eigenvalue weighted by Gasteiger charge is -2.25. The molecule has 65 valence electrons. The Balaban J connectivity index is 2.07. The Bertz CT molecular complexity index is 93.0. The maximum Gasteiger partial charge on any atom is 0.00998 e. The van der Waals surface area contributed by atoms with E-state index in [1.165, 1.54) is 32.1 Å². The van der Waals surface area contributed by atoms with E-state index in [0.29, 0.717) is 12.6 Å². The van der Waals surface area contributed by atoms with E-state index in [0.717, 1.165) is 12.3 Å². The van der Waals surface area contributed by atoms with Gasteiger partial charge in [0.2, 0.25) is 0 Å². The normalized spacial score (nSPS) is 32.2. The van der Waals surface area contributed by atoms with E-state index in [2.05, 4.69) is 0 Å². The summed E-state index contributed by atoms with van der Waals surface area (Å²) in [5, 5.41) is 0. The Labute approximate surface area is 69.3 Å². The summed E-state index contributed by atoms with van der Waals surface area (Å²) in [4.78, 5) is 0. The van der Waals surface area contributed by atoms with E-state index in [1.807, 2.05) is 0 Å². The lowest BCUT2D eigenvalue weighted by atomic mass is 9.84. The van der Waals surface area contributed by atoms with Crippen LogP contribution in [0.4, 0.5) is 0 Å². The van der Waals surface area contributed by atoms with Crippen LogP contribution >= 0.6 is 0 Å². The average Bonchev–Trinajstić information content (AvgIpc) is 2.04. The molecule has 1 rings (SSSR count). The molecule has 0 aromatic heterocycles. The maximum absolute atomic E-state index is 7.04. The largest absolute Gasteiger partial charge is 0.328 e. The molecule has 1 aliphatic rings. The van der Waals surface area contributed by atoms with Gasteiger partial charge in [0.25, 0.3) is 0 Å². The fourth-order valence-corrected chi connectivity index (χ4v) is 1.87. The molecule has 3 N–H and O–H groups in total. The first kappa shape index (κ1) is 9.01. The Morgan fingerprint density at radius 2 is 1.82 bits per heavy atom. The molecule has 0 aromatic rings. The van der Waals surface area contributed by atoms with Crippen molar-refractivity contribution in [1.29, 1.82) is 0 Å². The summed E-state index contributed by atoms with van der Waals surface area (Å²) < 4.78 is 0. The molecule has 11 heavy (non-hydrogen) atoms. The zero-order valence-electron chi connectivity index (χ0n) is 7.18. The van der Waals surface area contributed by atoms with Gasteiger partial charge < -0.3 is 5.73 Å². The van der Waals surface area contributed by atoms with Crippen molar-refractivity contribution in [2.45, 2.75) is 44.6 Å². The second-order valence-corrected chi connectivity index (χ2v) is 3.67. The zero-order chi connectivity index (χ0) is 8.10. The van der Waals surface area contributed by atoms with Crippen LogP contribution in [0, 0.1) is 5.92 Å². The van der Waals surface area contributed by atoms with E-state index in [4.69, 9.17) is 11.5 Å². The van der Waals surface area contributed by atoms with E-state index in [1.54, 1.807) is 0 Å².